The monoisotopic (exact) mass is 327 g/mol. The fraction of sp³-hybridized carbons (Fsp3) is 0.500. The predicted octanol–water partition coefficient (Wildman–Crippen LogP) is 2.92. The second-order valence-corrected chi connectivity index (χ2v) is 6.07. The van der Waals surface area contributed by atoms with Gasteiger partial charge in [0.25, 0.3) is 0 Å². The van der Waals surface area contributed by atoms with Crippen molar-refractivity contribution in [1.29, 1.82) is 0 Å². The third-order valence-electron chi connectivity index (χ3n) is 4.31. The first kappa shape index (κ1) is 16.5. The standard InChI is InChI=1S/C18H25N5O/c1-24-16-8-6-7-15(13-16)9-10-19-18-21-17(14-20-22-18)23-11-4-2-3-5-12-23/h6-8,13-14H,2-5,9-12H2,1H3,(H,19,21,22). The molecule has 0 saturated carbocycles. The van der Waals surface area contributed by atoms with Crippen molar-refractivity contribution in [2.75, 3.05) is 37.0 Å². The third-order valence-corrected chi connectivity index (χ3v) is 4.31. The Hall–Kier alpha value is -2.37. The Morgan fingerprint density at radius 3 is 2.79 bits per heavy atom. The van der Waals surface area contributed by atoms with E-state index in [2.05, 4.69) is 37.5 Å². The van der Waals surface area contributed by atoms with Crippen molar-refractivity contribution >= 4 is 11.8 Å². The molecule has 1 aromatic heterocycles. The summed E-state index contributed by atoms with van der Waals surface area (Å²) in [5, 5.41) is 11.5. The van der Waals surface area contributed by atoms with Crippen LogP contribution in [-0.2, 0) is 6.42 Å². The Morgan fingerprint density at radius 1 is 1.17 bits per heavy atom. The molecule has 0 unspecified atom stereocenters. The van der Waals surface area contributed by atoms with Crippen molar-refractivity contribution in [2.45, 2.75) is 32.1 Å². The average molecular weight is 327 g/mol. The van der Waals surface area contributed by atoms with Crippen LogP contribution in [0.4, 0.5) is 11.8 Å². The van der Waals surface area contributed by atoms with E-state index in [-0.39, 0.29) is 0 Å². The molecule has 0 bridgehead atoms. The number of hydrogen-bond acceptors (Lipinski definition) is 6. The van der Waals surface area contributed by atoms with Gasteiger partial charge in [-0.15, -0.1) is 5.10 Å². The second kappa shape index (κ2) is 8.47. The molecule has 0 spiro atoms. The van der Waals surface area contributed by atoms with Crippen molar-refractivity contribution in [2.24, 2.45) is 0 Å². The van der Waals surface area contributed by atoms with Gasteiger partial charge in [0.05, 0.1) is 13.3 Å². The largest absolute Gasteiger partial charge is 0.497 e. The zero-order valence-electron chi connectivity index (χ0n) is 14.2. The van der Waals surface area contributed by atoms with Crippen LogP contribution in [0.15, 0.2) is 30.5 Å². The number of benzene rings is 1. The summed E-state index contributed by atoms with van der Waals surface area (Å²) in [4.78, 5) is 6.93. The molecule has 1 N–H and O–H groups in total. The number of rotatable bonds is 6. The number of nitrogens with one attached hydrogen (secondary N) is 1. The maximum atomic E-state index is 5.25. The summed E-state index contributed by atoms with van der Waals surface area (Å²) in [5.41, 5.74) is 1.22. The van der Waals surface area contributed by atoms with Gasteiger partial charge in [0.2, 0.25) is 5.95 Å². The molecule has 1 aliphatic rings. The molecule has 2 heterocycles. The quantitative estimate of drug-likeness (QED) is 0.880. The van der Waals surface area contributed by atoms with Gasteiger partial charge in [0.15, 0.2) is 5.82 Å². The van der Waals surface area contributed by atoms with Gasteiger partial charge in [0.1, 0.15) is 5.75 Å². The highest BCUT2D eigenvalue weighted by Gasteiger charge is 2.12. The van der Waals surface area contributed by atoms with Gasteiger partial charge in [-0.3, -0.25) is 0 Å². The Labute approximate surface area is 143 Å². The van der Waals surface area contributed by atoms with Gasteiger partial charge < -0.3 is 15.0 Å². The van der Waals surface area contributed by atoms with E-state index in [0.717, 1.165) is 37.6 Å². The average Bonchev–Trinajstić information content (AvgIpc) is 2.92. The lowest BCUT2D eigenvalue weighted by Crippen LogP contribution is -2.25. The SMILES string of the molecule is COc1cccc(CCNc2nncc(N3CCCCCC3)n2)c1. The topological polar surface area (TPSA) is 63.2 Å². The summed E-state index contributed by atoms with van der Waals surface area (Å²) < 4.78 is 5.25. The van der Waals surface area contributed by atoms with Gasteiger partial charge in [-0.25, -0.2) is 0 Å². The van der Waals surface area contributed by atoms with Crippen molar-refractivity contribution < 1.29 is 4.74 Å². The Kier molecular flexibility index (Phi) is 5.82. The van der Waals surface area contributed by atoms with E-state index in [1.807, 2.05) is 12.1 Å². The molecule has 6 nitrogen and oxygen atoms in total. The van der Waals surface area contributed by atoms with Crippen molar-refractivity contribution in [3.63, 3.8) is 0 Å². The molecular formula is C18H25N5O. The van der Waals surface area contributed by atoms with Crippen LogP contribution in [0.5, 0.6) is 5.75 Å². The Bertz CT molecular complexity index is 641. The molecule has 3 rings (SSSR count). The third kappa shape index (κ3) is 4.57. The predicted molar refractivity (Wildman–Crippen MR) is 95.7 cm³/mol. The van der Waals surface area contributed by atoms with Crippen LogP contribution >= 0.6 is 0 Å². The number of anilines is 2. The molecule has 0 amide bonds. The summed E-state index contributed by atoms with van der Waals surface area (Å²) in [6.45, 7) is 2.88. The van der Waals surface area contributed by atoms with E-state index in [4.69, 9.17) is 4.74 Å². The summed E-state index contributed by atoms with van der Waals surface area (Å²) in [7, 11) is 1.69. The highest BCUT2D eigenvalue weighted by Crippen LogP contribution is 2.17. The molecule has 6 heteroatoms. The summed E-state index contributed by atoms with van der Waals surface area (Å²) in [6, 6.07) is 8.10. The van der Waals surface area contributed by atoms with E-state index in [1.165, 1.54) is 31.2 Å². The van der Waals surface area contributed by atoms with Crippen LogP contribution in [0, 0.1) is 0 Å². The molecule has 1 fully saturated rings. The lowest BCUT2D eigenvalue weighted by atomic mass is 10.1. The molecule has 0 atom stereocenters. The van der Waals surface area contributed by atoms with Gasteiger partial charge in [-0.05, 0) is 37.0 Å². The van der Waals surface area contributed by atoms with Gasteiger partial charge in [-0.2, -0.15) is 10.1 Å². The zero-order valence-corrected chi connectivity index (χ0v) is 14.2. The molecule has 0 radical (unpaired) electrons. The Balaban J connectivity index is 1.56. The first-order valence-corrected chi connectivity index (χ1v) is 8.66. The minimum absolute atomic E-state index is 0.597. The minimum Gasteiger partial charge on any atom is -0.497 e. The van der Waals surface area contributed by atoms with Gasteiger partial charge in [-0.1, -0.05) is 25.0 Å². The summed E-state index contributed by atoms with van der Waals surface area (Å²) in [5.74, 6) is 2.41. The number of hydrogen-bond donors (Lipinski definition) is 1. The van der Waals surface area contributed by atoms with Crippen LogP contribution in [0.25, 0.3) is 0 Å². The molecule has 0 aliphatic carbocycles. The maximum Gasteiger partial charge on any atom is 0.244 e. The number of methoxy groups -OCH3 is 1. The molecular weight excluding hydrogens is 302 g/mol. The lowest BCUT2D eigenvalue weighted by molar-refractivity contribution is 0.414. The maximum absolute atomic E-state index is 5.25. The van der Waals surface area contributed by atoms with Crippen LogP contribution < -0.4 is 15.0 Å². The van der Waals surface area contributed by atoms with E-state index < -0.39 is 0 Å². The number of nitrogens with zero attached hydrogens (tertiary/aromatic N) is 4. The normalized spacial score (nSPS) is 15.0. The van der Waals surface area contributed by atoms with Crippen molar-refractivity contribution in [3.05, 3.63) is 36.0 Å². The fourth-order valence-corrected chi connectivity index (χ4v) is 2.97. The molecule has 1 aromatic carbocycles. The van der Waals surface area contributed by atoms with E-state index in [0.29, 0.717) is 5.95 Å². The molecule has 1 aliphatic heterocycles. The van der Waals surface area contributed by atoms with Gasteiger partial charge >= 0.3 is 0 Å². The van der Waals surface area contributed by atoms with E-state index >= 15 is 0 Å². The summed E-state index contributed by atoms with van der Waals surface area (Å²) in [6.07, 6.45) is 7.71. The first-order chi connectivity index (χ1) is 11.8. The van der Waals surface area contributed by atoms with Crippen LogP contribution in [0.2, 0.25) is 0 Å². The Morgan fingerprint density at radius 2 is 2.00 bits per heavy atom. The highest BCUT2D eigenvalue weighted by molar-refractivity contribution is 5.40. The first-order valence-electron chi connectivity index (χ1n) is 8.66. The van der Waals surface area contributed by atoms with Crippen molar-refractivity contribution in [1.82, 2.24) is 15.2 Å². The fourth-order valence-electron chi connectivity index (χ4n) is 2.97. The molecule has 1 saturated heterocycles. The van der Waals surface area contributed by atoms with E-state index in [9.17, 15) is 0 Å². The van der Waals surface area contributed by atoms with Crippen LogP contribution in [-0.4, -0.2) is 41.9 Å². The summed E-state index contributed by atoms with van der Waals surface area (Å²) >= 11 is 0. The number of ether oxygens (including phenoxy) is 1. The second-order valence-electron chi connectivity index (χ2n) is 6.07. The lowest BCUT2D eigenvalue weighted by Gasteiger charge is -2.20. The smallest absolute Gasteiger partial charge is 0.244 e. The van der Waals surface area contributed by atoms with Crippen LogP contribution in [0.1, 0.15) is 31.2 Å². The zero-order chi connectivity index (χ0) is 16.6. The van der Waals surface area contributed by atoms with Crippen LogP contribution in [0.3, 0.4) is 0 Å². The molecule has 24 heavy (non-hydrogen) atoms. The van der Waals surface area contributed by atoms with Crippen molar-refractivity contribution in [3.8, 4) is 5.75 Å². The van der Waals surface area contributed by atoms with Gasteiger partial charge in [0, 0.05) is 19.6 Å². The molecule has 128 valence electrons. The highest BCUT2D eigenvalue weighted by atomic mass is 16.5. The van der Waals surface area contributed by atoms with E-state index in [1.54, 1.807) is 13.3 Å². The minimum atomic E-state index is 0.597. The molecule has 2 aromatic rings. The number of aromatic nitrogens is 3.